The van der Waals surface area contributed by atoms with Crippen molar-refractivity contribution in [2.24, 2.45) is 5.16 Å². The van der Waals surface area contributed by atoms with Crippen molar-refractivity contribution in [1.29, 1.82) is 0 Å². The first kappa shape index (κ1) is 24.9. The Kier molecular flexibility index (Phi) is 6.99. The molecule has 1 aliphatic heterocycles. The van der Waals surface area contributed by atoms with Gasteiger partial charge in [-0.15, -0.1) is 0 Å². The van der Waals surface area contributed by atoms with Gasteiger partial charge in [-0.05, 0) is 43.7 Å². The molecule has 0 spiro atoms. The average Bonchev–Trinajstić information content (AvgIpc) is 3.45. The van der Waals surface area contributed by atoms with Crippen LogP contribution < -0.4 is 10.6 Å². The summed E-state index contributed by atoms with van der Waals surface area (Å²) in [5.74, 6) is -3.58. The van der Waals surface area contributed by atoms with Gasteiger partial charge in [0.1, 0.15) is 17.4 Å². The molecule has 7 nitrogen and oxygen atoms in total. The molecular formula is C21H19ClF6N6O. The molecule has 3 aromatic rings. The Morgan fingerprint density at radius 2 is 2.00 bits per heavy atom. The lowest BCUT2D eigenvalue weighted by Gasteiger charge is -2.26. The Morgan fingerprint density at radius 3 is 2.69 bits per heavy atom. The molecule has 1 aliphatic rings. The zero-order chi connectivity index (χ0) is 25.3. The van der Waals surface area contributed by atoms with Crippen LogP contribution in [0.2, 0.25) is 5.02 Å². The van der Waals surface area contributed by atoms with Crippen molar-refractivity contribution < 1.29 is 31.5 Å². The molecular weight excluding hydrogens is 502 g/mol. The molecule has 2 heterocycles. The lowest BCUT2D eigenvalue weighted by Crippen LogP contribution is -2.43. The van der Waals surface area contributed by atoms with Crippen molar-refractivity contribution in [3.05, 3.63) is 52.3 Å². The number of imidazole rings is 1. The highest BCUT2D eigenvalue weighted by molar-refractivity contribution is 6.31. The van der Waals surface area contributed by atoms with E-state index < -0.39 is 35.2 Å². The fourth-order valence-corrected chi connectivity index (χ4v) is 4.19. The highest BCUT2D eigenvalue weighted by Crippen LogP contribution is 2.32. The van der Waals surface area contributed by atoms with Crippen LogP contribution in [-0.2, 0) is 0 Å². The molecule has 1 fully saturated rings. The molecule has 0 radical (unpaired) electrons. The number of amidine groups is 1. The Hall–Kier alpha value is -3.19. The second kappa shape index (κ2) is 9.82. The molecule has 0 amide bonds. The number of halogens is 7. The van der Waals surface area contributed by atoms with Crippen LogP contribution in [0, 0.1) is 17.5 Å². The second-order valence-electron chi connectivity index (χ2n) is 7.89. The van der Waals surface area contributed by atoms with Crippen LogP contribution in [0.1, 0.15) is 18.4 Å². The fraction of sp³-hybridized carbons (Fsp3) is 0.333. The summed E-state index contributed by atoms with van der Waals surface area (Å²) in [5.41, 5.74) is -0.380. The number of nitrogens with zero attached hydrogens (tertiary/aromatic N) is 3. The SMILES string of the molecule is O/N=C(\Nc1ccc(F)c(Cl)c1)c1cc(F)c(F)c2nc(NCCN3CCCC3C(F)(F)F)[nH]c12. The number of anilines is 2. The van der Waals surface area contributed by atoms with Gasteiger partial charge in [-0.3, -0.25) is 4.90 Å². The van der Waals surface area contributed by atoms with Crippen molar-refractivity contribution in [2.75, 3.05) is 30.3 Å². The first-order valence-corrected chi connectivity index (χ1v) is 10.8. The number of likely N-dealkylation sites (tertiary alicyclic amines) is 1. The molecule has 188 valence electrons. The van der Waals surface area contributed by atoms with Crippen molar-refractivity contribution in [1.82, 2.24) is 14.9 Å². The minimum Gasteiger partial charge on any atom is -0.409 e. The summed E-state index contributed by atoms with van der Waals surface area (Å²) in [7, 11) is 0. The number of nitrogens with one attached hydrogen (secondary N) is 3. The number of aromatic amines is 1. The van der Waals surface area contributed by atoms with Gasteiger partial charge in [0.15, 0.2) is 17.5 Å². The maximum atomic E-state index is 14.4. The van der Waals surface area contributed by atoms with Gasteiger partial charge in [-0.1, -0.05) is 16.8 Å². The number of rotatable bonds is 6. The van der Waals surface area contributed by atoms with Gasteiger partial charge in [0.2, 0.25) is 5.95 Å². The van der Waals surface area contributed by atoms with Gasteiger partial charge in [0.25, 0.3) is 0 Å². The molecule has 4 N–H and O–H groups in total. The molecule has 35 heavy (non-hydrogen) atoms. The lowest BCUT2D eigenvalue weighted by molar-refractivity contribution is -0.175. The molecule has 0 aliphatic carbocycles. The van der Waals surface area contributed by atoms with Gasteiger partial charge in [0, 0.05) is 24.3 Å². The zero-order valence-electron chi connectivity index (χ0n) is 17.9. The quantitative estimate of drug-likeness (QED) is 0.116. The Balaban J connectivity index is 1.56. The number of oxime groups is 1. The summed E-state index contributed by atoms with van der Waals surface area (Å²) in [6, 6.07) is 2.79. The fourth-order valence-electron chi connectivity index (χ4n) is 4.01. The van der Waals surface area contributed by atoms with E-state index >= 15 is 0 Å². The predicted octanol–water partition coefficient (Wildman–Crippen LogP) is 5.32. The number of fused-ring (bicyclic) bond motifs is 1. The van der Waals surface area contributed by atoms with Crippen LogP contribution in [0.25, 0.3) is 11.0 Å². The normalized spacial score (nSPS) is 17.3. The molecule has 1 unspecified atom stereocenters. The molecule has 2 aromatic carbocycles. The summed E-state index contributed by atoms with van der Waals surface area (Å²) in [6.07, 6.45) is -3.87. The number of aromatic nitrogens is 2. The highest BCUT2D eigenvalue weighted by atomic mass is 35.5. The Bertz CT molecular complexity index is 1260. The smallest absolute Gasteiger partial charge is 0.404 e. The average molecular weight is 521 g/mol. The first-order valence-electron chi connectivity index (χ1n) is 10.5. The van der Waals surface area contributed by atoms with Crippen LogP contribution in [-0.4, -0.2) is 57.8 Å². The van der Waals surface area contributed by atoms with E-state index in [-0.39, 0.29) is 53.1 Å². The Morgan fingerprint density at radius 1 is 1.23 bits per heavy atom. The van der Waals surface area contributed by atoms with Gasteiger partial charge in [0.05, 0.1) is 10.5 Å². The topological polar surface area (TPSA) is 88.6 Å². The van der Waals surface area contributed by atoms with E-state index in [0.29, 0.717) is 13.0 Å². The summed E-state index contributed by atoms with van der Waals surface area (Å²) < 4.78 is 81.5. The van der Waals surface area contributed by atoms with Crippen molar-refractivity contribution >= 4 is 40.1 Å². The zero-order valence-corrected chi connectivity index (χ0v) is 18.6. The van der Waals surface area contributed by atoms with Crippen LogP contribution in [0.5, 0.6) is 0 Å². The molecule has 0 saturated carbocycles. The third-order valence-electron chi connectivity index (χ3n) is 5.63. The highest BCUT2D eigenvalue weighted by Gasteiger charge is 2.45. The summed E-state index contributed by atoms with van der Waals surface area (Å²) in [6.45, 7) is 0.408. The molecule has 1 aromatic heterocycles. The maximum Gasteiger partial charge on any atom is 0.404 e. The van der Waals surface area contributed by atoms with Gasteiger partial charge in [-0.2, -0.15) is 13.2 Å². The van der Waals surface area contributed by atoms with Gasteiger partial charge >= 0.3 is 6.18 Å². The number of alkyl halides is 3. The molecule has 1 saturated heterocycles. The number of hydrogen-bond donors (Lipinski definition) is 4. The van der Waals surface area contributed by atoms with Crippen molar-refractivity contribution in [3.8, 4) is 0 Å². The molecule has 1 atom stereocenters. The van der Waals surface area contributed by atoms with Crippen molar-refractivity contribution in [3.63, 3.8) is 0 Å². The number of benzene rings is 2. The van der Waals surface area contributed by atoms with Gasteiger partial charge < -0.3 is 20.8 Å². The lowest BCUT2D eigenvalue weighted by atomic mass is 10.1. The monoisotopic (exact) mass is 520 g/mol. The largest absolute Gasteiger partial charge is 0.409 e. The first-order chi connectivity index (χ1) is 16.6. The third kappa shape index (κ3) is 5.25. The summed E-state index contributed by atoms with van der Waals surface area (Å²) in [4.78, 5) is 7.99. The number of hydrogen-bond acceptors (Lipinski definition) is 5. The Labute approximate surface area is 199 Å². The minimum absolute atomic E-state index is 0.0179. The molecule has 4 rings (SSSR count). The van der Waals surface area contributed by atoms with E-state index in [2.05, 4.69) is 25.8 Å². The van der Waals surface area contributed by atoms with Crippen LogP contribution in [0.3, 0.4) is 0 Å². The predicted molar refractivity (Wildman–Crippen MR) is 119 cm³/mol. The molecule has 0 bridgehead atoms. The summed E-state index contributed by atoms with van der Waals surface area (Å²) in [5, 5.41) is 17.8. The second-order valence-corrected chi connectivity index (χ2v) is 8.30. The van der Waals surface area contributed by atoms with E-state index in [1.807, 2.05) is 0 Å². The van der Waals surface area contributed by atoms with Crippen LogP contribution in [0.4, 0.5) is 38.0 Å². The maximum absolute atomic E-state index is 14.4. The number of H-pyrrole nitrogens is 1. The third-order valence-corrected chi connectivity index (χ3v) is 5.92. The van der Waals surface area contributed by atoms with E-state index in [1.165, 1.54) is 17.0 Å². The van der Waals surface area contributed by atoms with Crippen molar-refractivity contribution in [2.45, 2.75) is 25.1 Å². The van der Waals surface area contributed by atoms with E-state index in [0.717, 1.165) is 12.1 Å². The van der Waals surface area contributed by atoms with E-state index in [9.17, 15) is 31.5 Å². The van der Waals surface area contributed by atoms with Crippen LogP contribution in [0.15, 0.2) is 29.4 Å². The van der Waals surface area contributed by atoms with Gasteiger partial charge in [-0.25, -0.2) is 18.2 Å². The summed E-state index contributed by atoms with van der Waals surface area (Å²) >= 11 is 5.74. The molecule has 14 heteroatoms. The van der Waals surface area contributed by atoms with Crippen LogP contribution >= 0.6 is 11.6 Å². The van der Waals surface area contributed by atoms with E-state index in [1.54, 1.807) is 0 Å². The van der Waals surface area contributed by atoms with E-state index in [4.69, 9.17) is 11.6 Å². The standard InChI is InChI=1S/C21H19ClF6N6O/c22-12-8-10(3-4-13(12)23)30-19(33-35)11-9-14(24)16(25)18-17(11)31-20(32-18)29-5-7-34-6-1-2-15(34)21(26,27)28/h3-4,8-9,15,35H,1-2,5-7H2,(H,30,33)(H2,29,31,32). The minimum atomic E-state index is -4.33.